The Bertz CT molecular complexity index is 1510. The summed E-state index contributed by atoms with van der Waals surface area (Å²) in [6.07, 6.45) is 79.1. The Balaban J connectivity index is 4.05. The smallest absolute Gasteiger partial charge is 0.361 e. The van der Waals surface area contributed by atoms with Crippen LogP contribution in [0.15, 0.2) is 60.8 Å². The van der Waals surface area contributed by atoms with E-state index in [1.807, 2.05) is 21.1 Å². The fourth-order valence-electron chi connectivity index (χ4n) is 10.0. The van der Waals surface area contributed by atoms with Crippen LogP contribution < -0.4 is 0 Å². The number of carbonyl (C=O) groups is 3. The molecule has 0 bridgehead atoms. The van der Waals surface area contributed by atoms with E-state index in [2.05, 4.69) is 74.6 Å². The first kappa shape index (κ1) is 78.0. The molecule has 0 radical (unpaired) electrons. The van der Waals surface area contributed by atoms with Gasteiger partial charge in [0.15, 0.2) is 6.10 Å². The van der Waals surface area contributed by atoms with Crippen LogP contribution in [0.3, 0.4) is 0 Å². The lowest BCUT2D eigenvalue weighted by Gasteiger charge is -2.25. The minimum atomic E-state index is -1.51. The van der Waals surface area contributed by atoms with Gasteiger partial charge >= 0.3 is 17.9 Å². The molecule has 0 aliphatic rings. The number of hydrogen-bond donors (Lipinski definition) is 1. The van der Waals surface area contributed by atoms with Crippen molar-refractivity contribution < 1.29 is 42.9 Å². The number of carboxylic acids is 1. The first-order valence-corrected chi connectivity index (χ1v) is 34.5. The van der Waals surface area contributed by atoms with Crippen molar-refractivity contribution in [2.24, 2.45) is 0 Å². The van der Waals surface area contributed by atoms with Crippen LogP contribution in [0.1, 0.15) is 322 Å². The number of carbonyl (C=O) groups excluding carboxylic acids is 2. The maximum atomic E-state index is 12.9. The molecule has 2 unspecified atom stereocenters. The number of aliphatic carboxylic acids is 1. The summed E-state index contributed by atoms with van der Waals surface area (Å²) >= 11 is 0. The number of hydrogen-bond acceptors (Lipinski definition) is 7. The average Bonchev–Trinajstić information content (AvgIpc) is 3.44. The molecule has 0 saturated heterocycles. The normalized spacial score (nSPS) is 13.0. The van der Waals surface area contributed by atoms with Gasteiger partial charge in [0, 0.05) is 12.8 Å². The Morgan fingerprint density at radius 1 is 0.383 bits per heavy atom. The molecule has 0 rings (SSSR count). The number of quaternary nitrogens is 1. The van der Waals surface area contributed by atoms with Crippen molar-refractivity contribution in [3.05, 3.63) is 60.8 Å². The quantitative estimate of drug-likeness (QED) is 0.0211. The topological polar surface area (TPSA) is 108 Å². The monoisotopic (exact) mass is 1140 g/mol. The molecule has 0 aromatic carbocycles. The molecule has 0 amide bonds. The number of nitrogens with zero attached hydrogens (tertiary/aromatic N) is 1. The second kappa shape index (κ2) is 63.0. The summed E-state index contributed by atoms with van der Waals surface area (Å²) in [5.74, 6) is -1.99. The highest BCUT2D eigenvalue weighted by atomic mass is 16.7. The lowest BCUT2D eigenvalue weighted by Crippen LogP contribution is -2.40. The van der Waals surface area contributed by atoms with Crippen LogP contribution in [0.4, 0.5) is 0 Å². The van der Waals surface area contributed by atoms with Crippen LogP contribution in [0.2, 0.25) is 0 Å². The number of likely N-dealkylation sites (N-methyl/N-ethyl adjacent to an activating group) is 1. The Labute approximate surface area is 501 Å². The summed E-state index contributed by atoms with van der Waals surface area (Å²) < 4.78 is 23.0. The van der Waals surface area contributed by atoms with Gasteiger partial charge in [-0.15, -0.1) is 0 Å². The third kappa shape index (κ3) is 64.4. The van der Waals surface area contributed by atoms with Gasteiger partial charge in [0.1, 0.15) is 13.2 Å². The summed E-state index contributed by atoms with van der Waals surface area (Å²) in [5.41, 5.74) is 0. The number of esters is 2. The number of ether oxygens (including phenoxy) is 4. The lowest BCUT2D eigenvalue weighted by atomic mass is 10.0. The second-order valence-electron chi connectivity index (χ2n) is 24.5. The molecule has 0 aromatic rings. The minimum Gasteiger partial charge on any atom is -0.477 e. The zero-order valence-electron chi connectivity index (χ0n) is 53.9. The minimum absolute atomic E-state index is 0.180. The van der Waals surface area contributed by atoms with E-state index in [4.69, 9.17) is 18.9 Å². The highest BCUT2D eigenvalue weighted by molar-refractivity contribution is 5.71. The van der Waals surface area contributed by atoms with E-state index < -0.39 is 18.4 Å². The van der Waals surface area contributed by atoms with Crippen LogP contribution in [0, 0.1) is 0 Å². The number of rotatable bonds is 64. The summed E-state index contributed by atoms with van der Waals surface area (Å²) in [4.78, 5) is 37.6. The van der Waals surface area contributed by atoms with Gasteiger partial charge in [0.05, 0.1) is 34.4 Å². The largest absolute Gasteiger partial charge is 0.477 e. The highest BCUT2D eigenvalue weighted by Gasteiger charge is 2.25. The average molecular weight is 1140 g/mol. The standard InChI is InChI=1S/C72H131NO8/c1-6-8-10-12-14-16-18-20-22-24-26-28-29-30-31-32-33-34-35-36-37-38-39-40-41-43-45-47-49-51-53-55-57-59-61-63-70(75)81-68(67-80-72(71(76)77)78-65-64-73(3,4)5)66-79-69(74)62-60-58-56-54-52-50-48-46-44-42-27-25-23-21-19-17-15-13-11-9-7-2/h8,10,14,16,20,22,25-28,68,72H,6-7,9,11-13,15,17-19,21,23-24,29-67H2,1-5H3/p+1/b10-8-,16-14-,22-20-,27-25-,28-26-. The van der Waals surface area contributed by atoms with Crippen LogP contribution in [-0.2, 0) is 33.3 Å². The van der Waals surface area contributed by atoms with Crippen molar-refractivity contribution in [2.45, 2.75) is 334 Å². The summed E-state index contributed by atoms with van der Waals surface area (Å²) in [7, 11) is 5.98. The van der Waals surface area contributed by atoms with Crippen molar-refractivity contribution in [3.8, 4) is 0 Å². The van der Waals surface area contributed by atoms with Crippen molar-refractivity contribution in [2.75, 3.05) is 47.5 Å². The van der Waals surface area contributed by atoms with E-state index >= 15 is 0 Å². The van der Waals surface area contributed by atoms with E-state index in [1.165, 1.54) is 231 Å². The Morgan fingerprint density at radius 2 is 0.704 bits per heavy atom. The molecular formula is C72H132NO8+. The first-order valence-electron chi connectivity index (χ1n) is 34.5. The van der Waals surface area contributed by atoms with Crippen LogP contribution in [0.25, 0.3) is 0 Å². The molecule has 472 valence electrons. The van der Waals surface area contributed by atoms with Gasteiger partial charge in [-0.3, -0.25) is 9.59 Å². The van der Waals surface area contributed by atoms with Gasteiger partial charge in [-0.2, -0.15) is 0 Å². The number of allylic oxidation sites excluding steroid dienone is 10. The summed E-state index contributed by atoms with van der Waals surface area (Å²) in [6, 6.07) is 0. The molecule has 0 saturated carbocycles. The van der Waals surface area contributed by atoms with E-state index in [0.717, 1.165) is 64.2 Å². The molecule has 0 aliphatic heterocycles. The van der Waals surface area contributed by atoms with Gasteiger partial charge < -0.3 is 28.5 Å². The van der Waals surface area contributed by atoms with Gasteiger partial charge in [0.25, 0.3) is 6.29 Å². The fraction of sp³-hybridized carbons (Fsp3) is 0.819. The zero-order valence-corrected chi connectivity index (χ0v) is 53.9. The lowest BCUT2D eigenvalue weighted by molar-refractivity contribution is -0.870. The second-order valence-corrected chi connectivity index (χ2v) is 24.5. The Hall–Kier alpha value is -3.01. The Kier molecular flexibility index (Phi) is 60.7. The van der Waals surface area contributed by atoms with E-state index in [9.17, 15) is 19.5 Å². The highest BCUT2D eigenvalue weighted by Crippen LogP contribution is 2.18. The van der Waals surface area contributed by atoms with Crippen LogP contribution >= 0.6 is 0 Å². The van der Waals surface area contributed by atoms with Gasteiger partial charge in [-0.1, -0.05) is 293 Å². The third-order valence-corrected chi connectivity index (χ3v) is 15.3. The van der Waals surface area contributed by atoms with Gasteiger partial charge in [-0.05, 0) is 77.0 Å². The summed E-state index contributed by atoms with van der Waals surface area (Å²) in [5, 5.41) is 9.74. The molecule has 1 N–H and O–H groups in total. The number of carboxylic acid groups (broad SMARTS) is 1. The van der Waals surface area contributed by atoms with Gasteiger partial charge in [-0.25, -0.2) is 4.79 Å². The van der Waals surface area contributed by atoms with Crippen molar-refractivity contribution in [1.29, 1.82) is 0 Å². The van der Waals surface area contributed by atoms with E-state index in [0.29, 0.717) is 17.4 Å². The first-order chi connectivity index (χ1) is 39.6. The van der Waals surface area contributed by atoms with Crippen LogP contribution in [-0.4, -0.2) is 87.4 Å². The Morgan fingerprint density at radius 3 is 1.06 bits per heavy atom. The molecule has 0 aliphatic carbocycles. The predicted octanol–water partition coefficient (Wildman–Crippen LogP) is 21.1. The molecule has 9 heteroatoms. The van der Waals surface area contributed by atoms with E-state index in [1.54, 1.807) is 0 Å². The maximum absolute atomic E-state index is 12.9. The molecule has 9 nitrogen and oxygen atoms in total. The molecule has 2 atom stereocenters. The predicted molar refractivity (Wildman–Crippen MR) is 346 cm³/mol. The summed E-state index contributed by atoms with van der Waals surface area (Å²) in [6.45, 7) is 4.81. The molecule has 0 spiro atoms. The zero-order chi connectivity index (χ0) is 59.1. The molecule has 81 heavy (non-hydrogen) atoms. The fourth-order valence-corrected chi connectivity index (χ4v) is 10.0. The van der Waals surface area contributed by atoms with E-state index in [-0.39, 0.29) is 38.2 Å². The third-order valence-electron chi connectivity index (χ3n) is 15.3. The molecular weight excluding hydrogens is 1010 g/mol. The molecule has 0 aromatic heterocycles. The van der Waals surface area contributed by atoms with Crippen molar-refractivity contribution in [1.82, 2.24) is 0 Å². The van der Waals surface area contributed by atoms with Gasteiger partial charge in [0.2, 0.25) is 0 Å². The van der Waals surface area contributed by atoms with Crippen LogP contribution in [0.5, 0.6) is 0 Å². The van der Waals surface area contributed by atoms with Crippen molar-refractivity contribution in [3.63, 3.8) is 0 Å². The number of unbranched alkanes of at least 4 members (excludes halogenated alkanes) is 39. The molecule has 0 heterocycles. The molecule has 0 fully saturated rings. The van der Waals surface area contributed by atoms with Crippen molar-refractivity contribution >= 4 is 17.9 Å². The maximum Gasteiger partial charge on any atom is 0.361 e. The SMILES string of the molecule is CC/C=C\C/C=C\C/C=C\C/C=C\CCCCCCCCCCCCCCCCCCCCCCCCC(=O)OC(COC(=O)CCCCCCCCCCC/C=C\CCCCCCCCCC)COC(OCC[N+](C)(C)C)C(=O)O.